The third-order valence-corrected chi connectivity index (χ3v) is 3.97. The minimum atomic E-state index is -1.05. The van der Waals surface area contributed by atoms with Crippen molar-refractivity contribution in [3.63, 3.8) is 0 Å². The number of rotatable bonds is 4. The van der Waals surface area contributed by atoms with Gasteiger partial charge in [0.25, 0.3) is 0 Å². The molecule has 0 aliphatic carbocycles. The molecule has 0 aliphatic heterocycles. The van der Waals surface area contributed by atoms with Gasteiger partial charge in [0, 0.05) is 18.5 Å². The molecule has 2 rings (SSSR count). The molecule has 3 N–H and O–H groups in total. The standard InChI is InChI=1S/C15H13Cl2F2NO/c16-13-2-1-8(5-14(13)17)15(21)12(7-20)9-3-10(18)6-11(19)4-9/h1-6,12,15,21H,7,20H2. The van der Waals surface area contributed by atoms with E-state index in [4.69, 9.17) is 28.9 Å². The Bertz CT molecular complexity index is 631. The molecule has 0 spiro atoms. The van der Waals surface area contributed by atoms with Gasteiger partial charge in [-0.2, -0.15) is 0 Å². The van der Waals surface area contributed by atoms with Gasteiger partial charge in [-0.15, -0.1) is 0 Å². The smallest absolute Gasteiger partial charge is 0.126 e. The van der Waals surface area contributed by atoms with E-state index in [1.165, 1.54) is 6.07 Å². The van der Waals surface area contributed by atoms with E-state index in [1.807, 2.05) is 0 Å². The molecule has 0 radical (unpaired) electrons. The van der Waals surface area contributed by atoms with Crippen molar-refractivity contribution in [1.29, 1.82) is 0 Å². The highest BCUT2D eigenvalue weighted by Crippen LogP contribution is 2.33. The van der Waals surface area contributed by atoms with E-state index >= 15 is 0 Å². The van der Waals surface area contributed by atoms with Crippen LogP contribution in [0.5, 0.6) is 0 Å². The van der Waals surface area contributed by atoms with Gasteiger partial charge in [-0.1, -0.05) is 29.3 Å². The Morgan fingerprint density at radius 2 is 1.57 bits per heavy atom. The average molecular weight is 332 g/mol. The van der Waals surface area contributed by atoms with Gasteiger partial charge >= 0.3 is 0 Å². The molecule has 0 amide bonds. The van der Waals surface area contributed by atoms with E-state index in [0.29, 0.717) is 10.6 Å². The number of benzene rings is 2. The minimum Gasteiger partial charge on any atom is -0.388 e. The summed E-state index contributed by atoms with van der Waals surface area (Å²) in [5.41, 5.74) is 6.41. The number of nitrogens with two attached hydrogens (primary N) is 1. The number of aliphatic hydroxyl groups excluding tert-OH is 1. The number of aliphatic hydroxyl groups is 1. The fourth-order valence-corrected chi connectivity index (χ4v) is 2.47. The molecule has 0 fully saturated rings. The molecule has 2 unspecified atom stereocenters. The Hall–Kier alpha value is -1.20. The monoisotopic (exact) mass is 331 g/mol. The van der Waals surface area contributed by atoms with E-state index in [0.717, 1.165) is 18.2 Å². The second kappa shape index (κ2) is 6.71. The molecular formula is C15H13Cl2F2NO. The molecular weight excluding hydrogens is 319 g/mol. The first-order valence-electron chi connectivity index (χ1n) is 6.21. The van der Waals surface area contributed by atoms with Gasteiger partial charge in [0.15, 0.2) is 0 Å². The van der Waals surface area contributed by atoms with Crippen molar-refractivity contribution >= 4 is 23.2 Å². The molecule has 0 saturated carbocycles. The van der Waals surface area contributed by atoms with Crippen molar-refractivity contribution in [3.05, 3.63) is 69.2 Å². The number of hydrogen-bond acceptors (Lipinski definition) is 2. The van der Waals surface area contributed by atoms with E-state index in [9.17, 15) is 13.9 Å². The molecule has 112 valence electrons. The zero-order chi connectivity index (χ0) is 15.6. The van der Waals surface area contributed by atoms with Crippen molar-refractivity contribution in [2.24, 2.45) is 5.73 Å². The highest BCUT2D eigenvalue weighted by Gasteiger charge is 2.23. The first-order chi connectivity index (χ1) is 9.92. The van der Waals surface area contributed by atoms with E-state index in [-0.39, 0.29) is 17.1 Å². The summed E-state index contributed by atoms with van der Waals surface area (Å²) in [6.07, 6.45) is -1.05. The van der Waals surface area contributed by atoms with Crippen LogP contribution in [0.1, 0.15) is 23.1 Å². The lowest BCUT2D eigenvalue weighted by molar-refractivity contribution is 0.147. The van der Waals surface area contributed by atoms with Gasteiger partial charge < -0.3 is 10.8 Å². The lowest BCUT2D eigenvalue weighted by Gasteiger charge is -2.22. The highest BCUT2D eigenvalue weighted by molar-refractivity contribution is 6.42. The first-order valence-corrected chi connectivity index (χ1v) is 6.97. The van der Waals surface area contributed by atoms with Crippen molar-refractivity contribution in [1.82, 2.24) is 0 Å². The molecule has 0 aliphatic rings. The minimum absolute atomic E-state index is 0.0182. The van der Waals surface area contributed by atoms with Crippen LogP contribution in [0.25, 0.3) is 0 Å². The van der Waals surface area contributed by atoms with Crippen LogP contribution >= 0.6 is 23.2 Å². The van der Waals surface area contributed by atoms with E-state index < -0.39 is 23.7 Å². The molecule has 21 heavy (non-hydrogen) atoms. The Kier molecular flexibility index (Phi) is 5.17. The quantitative estimate of drug-likeness (QED) is 0.887. The molecule has 2 aromatic carbocycles. The summed E-state index contributed by atoms with van der Waals surface area (Å²) in [6.45, 7) is 0.0182. The maximum Gasteiger partial charge on any atom is 0.126 e. The first kappa shape index (κ1) is 16.2. The fourth-order valence-electron chi connectivity index (χ4n) is 2.17. The molecule has 0 saturated heterocycles. The van der Waals surface area contributed by atoms with Crippen molar-refractivity contribution in [3.8, 4) is 0 Å². The number of hydrogen-bond donors (Lipinski definition) is 2. The third-order valence-electron chi connectivity index (χ3n) is 3.23. The summed E-state index contributed by atoms with van der Waals surface area (Å²) in [4.78, 5) is 0. The summed E-state index contributed by atoms with van der Waals surface area (Å²) in [5.74, 6) is -2.10. The summed E-state index contributed by atoms with van der Waals surface area (Å²) in [7, 11) is 0. The molecule has 0 bridgehead atoms. The summed E-state index contributed by atoms with van der Waals surface area (Å²) in [5, 5.41) is 11.0. The zero-order valence-electron chi connectivity index (χ0n) is 10.9. The van der Waals surface area contributed by atoms with Gasteiger partial charge in [-0.05, 0) is 35.4 Å². The van der Waals surface area contributed by atoms with Crippen LogP contribution < -0.4 is 5.73 Å². The second-order valence-corrected chi connectivity index (χ2v) is 5.48. The largest absolute Gasteiger partial charge is 0.388 e. The van der Waals surface area contributed by atoms with Gasteiger partial charge in [-0.3, -0.25) is 0 Å². The Morgan fingerprint density at radius 1 is 0.952 bits per heavy atom. The summed E-state index contributed by atoms with van der Waals surface area (Å²) < 4.78 is 26.6. The summed E-state index contributed by atoms with van der Waals surface area (Å²) >= 11 is 11.7. The number of halogens is 4. The van der Waals surface area contributed by atoms with Crippen LogP contribution in [0.3, 0.4) is 0 Å². The van der Waals surface area contributed by atoms with Crippen LogP contribution in [0.2, 0.25) is 10.0 Å². The normalized spacial score (nSPS) is 14.0. The van der Waals surface area contributed by atoms with Gasteiger partial charge in [0.1, 0.15) is 11.6 Å². The van der Waals surface area contributed by atoms with Crippen LogP contribution in [0.4, 0.5) is 8.78 Å². The lowest BCUT2D eigenvalue weighted by atomic mass is 9.89. The molecule has 0 heterocycles. The maximum atomic E-state index is 13.3. The molecule has 6 heteroatoms. The van der Waals surface area contributed by atoms with Crippen LogP contribution in [-0.2, 0) is 0 Å². The maximum absolute atomic E-state index is 13.3. The third kappa shape index (κ3) is 3.71. The SMILES string of the molecule is NCC(c1cc(F)cc(F)c1)C(O)c1ccc(Cl)c(Cl)c1. The van der Waals surface area contributed by atoms with Gasteiger partial charge in [0.05, 0.1) is 16.1 Å². The fraction of sp³-hybridized carbons (Fsp3) is 0.200. The Morgan fingerprint density at radius 3 is 2.10 bits per heavy atom. The van der Waals surface area contributed by atoms with E-state index in [1.54, 1.807) is 12.1 Å². The van der Waals surface area contributed by atoms with Crippen LogP contribution in [-0.4, -0.2) is 11.7 Å². The highest BCUT2D eigenvalue weighted by atomic mass is 35.5. The van der Waals surface area contributed by atoms with Crippen molar-refractivity contribution in [2.45, 2.75) is 12.0 Å². The average Bonchev–Trinajstić information content (AvgIpc) is 2.41. The second-order valence-electron chi connectivity index (χ2n) is 4.66. The van der Waals surface area contributed by atoms with Crippen molar-refractivity contribution < 1.29 is 13.9 Å². The van der Waals surface area contributed by atoms with E-state index in [2.05, 4.69) is 0 Å². The van der Waals surface area contributed by atoms with Crippen LogP contribution in [0.15, 0.2) is 36.4 Å². The lowest BCUT2D eigenvalue weighted by Crippen LogP contribution is -2.20. The topological polar surface area (TPSA) is 46.2 Å². The van der Waals surface area contributed by atoms with Crippen LogP contribution in [0, 0.1) is 11.6 Å². The zero-order valence-corrected chi connectivity index (χ0v) is 12.4. The van der Waals surface area contributed by atoms with Gasteiger partial charge in [-0.25, -0.2) is 8.78 Å². The van der Waals surface area contributed by atoms with Crippen molar-refractivity contribution in [2.75, 3.05) is 6.54 Å². The summed E-state index contributed by atoms with van der Waals surface area (Å²) in [6, 6.07) is 7.72. The van der Waals surface area contributed by atoms with Gasteiger partial charge in [0.2, 0.25) is 0 Å². The Labute approximate surface area is 131 Å². The molecule has 2 atom stereocenters. The predicted molar refractivity (Wildman–Crippen MR) is 79.6 cm³/mol. The predicted octanol–water partition coefficient (Wildman–Crippen LogP) is 4.05. The molecule has 2 nitrogen and oxygen atoms in total. The molecule has 0 aromatic heterocycles. The Balaban J connectivity index is 2.37. The molecule has 2 aromatic rings.